The second kappa shape index (κ2) is 6.59. The molecule has 1 heterocycles. The first-order valence-corrected chi connectivity index (χ1v) is 7.03. The summed E-state index contributed by atoms with van der Waals surface area (Å²) in [4.78, 5) is 16.0. The number of halogens is 1. The largest absolute Gasteiger partial charge is 0.465 e. The van der Waals surface area contributed by atoms with Gasteiger partial charge in [-0.05, 0) is 36.6 Å². The van der Waals surface area contributed by atoms with Crippen LogP contribution in [0.1, 0.15) is 28.4 Å². The van der Waals surface area contributed by atoms with Crippen LogP contribution in [0.5, 0.6) is 0 Å². The average molecular weight is 305 g/mol. The Morgan fingerprint density at radius 1 is 1.38 bits per heavy atom. The number of anilines is 2. The van der Waals surface area contributed by atoms with Crippen molar-refractivity contribution in [1.82, 2.24) is 4.98 Å². The Kier molecular flexibility index (Phi) is 4.81. The third kappa shape index (κ3) is 3.52. The van der Waals surface area contributed by atoms with Crippen molar-refractivity contribution in [3.05, 3.63) is 52.2 Å². The van der Waals surface area contributed by atoms with Gasteiger partial charge in [0.05, 0.1) is 12.1 Å². The van der Waals surface area contributed by atoms with Crippen LogP contribution in [0.15, 0.2) is 30.5 Å². The number of methoxy groups -OCH3 is 1. The molecule has 0 amide bonds. The molecule has 0 spiro atoms. The zero-order valence-corrected chi connectivity index (χ0v) is 13.0. The van der Waals surface area contributed by atoms with Gasteiger partial charge >= 0.3 is 5.97 Å². The zero-order valence-electron chi connectivity index (χ0n) is 12.2. The number of pyridine rings is 1. The molecule has 0 radical (unpaired) electrons. The number of hydrogen-bond donors (Lipinski definition) is 1. The molecule has 0 saturated heterocycles. The number of esters is 1. The Morgan fingerprint density at radius 2 is 2.14 bits per heavy atom. The van der Waals surface area contributed by atoms with Gasteiger partial charge in [0.2, 0.25) is 0 Å². The molecular weight excluding hydrogens is 288 g/mol. The Morgan fingerprint density at radius 3 is 2.76 bits per heavy atom. The van der Waals surface area contributed by atoms with Crippen LogP contribution in [0.25, 0.3) is 0 Å². The first kappa shape index (κ1) is 15.3. The lowest BCUT2D eigenvalue weighted by molar-refractivity contribution is 0.0601. The van der Waals surface area contributed by atoms with Gasteiger partial charge < -0.3 is 10.1 Å². The van der Waals surface area contributed by atoms with E-state index in [1.54, 1.807) is 6.07 Å². The molecule has 4 nitrogen and oxygen atoms in total. The summed E-state index contributed by atoms with van der Waals surface area (Å²) in [6, 6.07) is 7.67. The standard InChI is InChI=1S/C16H17ClN2O2/c1-4-11-5-6-14(10(2)7-11)19-15-13(16(20)21-3)8-12(17)9-18-15/h5-9H,4H2,1-3H3,(H,18,19). The maximum absolute atomic E-state index is 11.8. The highest BCUT2D eigenvalue weighted by atomic mass is 35.5. The van der Waals surface area contributed by atoms with E-state index >= 15 is 0 Å². The van der Waals surface area contributed by atoms with Crippen molar-refractivity contribution in [1.29, 1.82) is 0 Å². The minimum absolute atomic E-state index is 0.309. The van der Waals surface area contributed by atoms with Gasteiger partial charge in [0, 0.05) is 11.9 Å². The van der Waals surface area contributed by atoms with Crippen LogP contribution >= 0.6 is 11.6 Å². The molecule has 0 saturated carbocycles. The van der Waals surface area contributed by atoms with Gasteiger partial charge in [0.25, 0.3) is 0 Å². The predicted molar refractivity (Wildman–Crippen MR) is 84.4 cm³/mol. The van der Waals surface area contributed by atoms with Crippen molar-refractivity contribution in [2.75, 3.05) is 12.4 Å². The minimum Gasteiger partial charge on any atom is -0.465 e. The summed E-state index contributed by atoms with van der Waals surface area (Å²) in [6.45, 7) is 4.12. The SMILES string of the molecule is CCc1ccc(Nc2ncc(Cl)cc2C(=O)OC)c(C)c1. The zero-order chi connectivity index (χ0) is 15.4. The molecule has 110 valence electrons. The van der Waals surface area contributed by atoms with E-state index < -0.39 is 5.97 Å². The summed E-state index contributed by atoms with van der Waals surface area (Å²) in [5.74, 6) is -0.0473. The normalized spacial score (nSPS) is 10.3. The molecular formula is C16H17ClN2O2. The first-order chi connectivity index (χ1) is 10.0. The molecule has 1 aromatic carbocycles. The molecule has 0 aliphatic carbocycles. The minimum atomic E-state index is -0.477. The monoisotopic (exact) mass is 304 g/mol. The third-order valence-corrected chi connectivity index (χ3v) is 3.42. The summed E-state index contributed by atoms with van der Waals surface area (Å²) >= 11 is 5.89. The Labute approximate surface area is 129 Å². The topological polar surface area (TPSA) is 51.2 Å². The fourth-order valence-corrected chi connectivity index (χ4v) is 2.18. The predicted octanol–water partition coefficient (Wildman–Crippen LogP) is 4.14. The van der Waals surface area contributed by atoms with E-state index in [1.165, 1.54) is 18.9 Å². The molecule has 0 aliphatic rings. The molecule has 0 bridgehead atoms. The van der Waals surface area contributed by atoms with Gasteiger partial charge in [0.15, 0.2) is 0 Å². The van der Waals surface area contributed by atoms with Crippen molar-refractivity contribution < 1.29 is 9.53 Å². The molecule has 1 N–H and O–H groups in total. The highest BCUT2D eigenvalue weighted by molar-refractivity contribution is 6.30. The highest BCUT2D eigenvalue weighted by Gasteiger charge is 2.15. The van der Waals surface area contributed by atoms with Crippen LogP contribution in [0, 0.1) is 6.92 Å². The number of rotatable bonds is 4. The van der Waals surface area contributed by atoms with Gasteiger partial charge in [-0.2, -0.15) is 0 Å². The van der Waals surface area contributed by atoms with E-state index in [2.05, 4.69) is 23.3 Å². The lowest BCUT2D eigenvalue weighted by atomic mass is 10.1. The van der Waals surface area contributed by atoms with Crippen LogP contribution in [0.4, 0.5) is 11.5 Å². The quantitative estimate of drug-likeness (QED) is 0.863. The van der Waals surface area contributed by atoms with Crippen LogP contribution in [-0.4, -0.2) is 18.1 Å². The number of hydrogen-bond acceptors (Lipinski definition) is 4. The molecule has 0 atom stereocenters. The van der Waals surface area contributed by atoms with Crippen LogP contribution in [0.3, 0.4) is 0 Å². The van der Waals surface area contributed by atoms with Crippen LogP contribution in [0.2, 0.25) is 5.02 Å². The fraction of sp³-hybridized carbons (Fsp3) is 0.250. The van der Waals surface area contributed by atoms with Crippen molar-refractivity contribution in [2.45, 2.75) is 20.3 Å². The van der Waals surface area contributed by atoms with Crippen LogP contribution < -0.4 is 5.32 Å². The van der Waals surface area contributed by atoms with Crippen molar-refractivity contribution in [3.8, 4) is 0 Å². The van der Waals surface area contributed by atoms with Crippen molar-refractivity contribution in [3.63, 3.8) is 0 Å². The van der Waals surface area contributed by atoms with E-state index in [0.717, 1.165) is 17.7 Å². The second-order valence-corrected chi connectivity index (χ2v) is 5.11. The number of carbonyl (C=O) groups excluding carboxylic acids is 1. The van der Waals surface area contributed by atoms with E-state index in [0.29, 0.717) is 16.4 Å². The second-order valence-electron chi connectivity index (χ2n) is 4.67. The number of aromatic nitrogens is 1. The molecule has 2 rings (SSSR count). The average Bonchev–Trinajstić information content (AvgIpc) is 2.49. The van der Waals surface area contributed by atoms with E-state index in [-0.39, 0.29) is 0 Å². The maximum Gasteiger partial charge on any atom is 0.341 e. The molecule has 1 aromatic heterocycles. The van der Waals surface area contributed by atoms with Crippen LogP contribution in [-0.2, 0) is 11.2 Å². The molecule has 2 aromatic rings. The summed E-state index contributed by atoms with van der Waals surface area (Å²) in [7, 11) is 1.33. The maximum atomic E-state index is 11.8. The number of ether oxygens (including phenoxy) is 1. The molecule has 0 fully saturated rings. The van der Waals surface area contributed by atoms with E-state index in [9.17, 15) is 4.79 Å². The molecule has 5 heteroatoms. The fourth-order valence-electron chi connectivity index (χ4n) is 2.02. The highest BCUT2D eigenvalue weighted by Crippen LogP contribution is 2.25. The van der Waals surface area contributed by atoms with Gasteiger partial charge in [-0.3, -0.25) is 0 Å². The third-order valence-electron chi connectivity index (χ3n) is 3.21. The number of carbonyl (C=O) groups is 1. The summed E-state index contributed by atoms with van der Waals surface area (Å²) in [5.41, 5.74) is 3.55. The van der Waals surface area contributed by atoms with E-state index in [4.69, 9.17) is 16.3 Å². The molecule has 0 aliphatic heterocycles. The van der Waals surface area contributed by atoms with Crippen molar-refractivity contribution >= 4 is 29.1 Å². The van der Waals surface area contributed by atoms with Gasteiger partial charge in [-0.1, -0.05) is 30.7 Å². The first-order valence-electron chi connectivity index (χ1n) is 6.65. The number of benzene rings is 1. The summed E-state index contributed by atoms with van der Waals surface area (Å²) in [5, 5.41) is 3.55. The Hall–Kier alpha value is -2.07. The lowest BCUT2D eigenvalue weighted by Crippen LogP contribution is -2.08. The van der Waals surface area contributed by atoms with Gasteiger partial charge in [-0.25, -0.2) is 9.78 Å². The number of nitrogens with one attached hydrogen (secondary N) is 1. The smallest absolute Gasteiger partial charge is 0.341 e. The van der Waals surface area contributed by atoms with E-state index in [1.807, 2.05) is 19.1 Å². The Balaban J connectivity index is 2.37. The summed E-state index contributed by atoms with van der Waals surface area (Å²) < 4.78 is 4.76. The summed E-state index contributed by atoms with van der Waals surface area (Å²) in [6.07, 6.45) is 2.47. The van der Waals surface area contributed by atoms with Crippen molar-refractivity contribution in [2.24, 2.45) is 0 Å². The molecule has 21 heavy (non-hydrogen) atoms. The number of aryl methyl sites for hydroxylation is 2. The Bertz CT molecular complexity index is 671. The lowest BCUT2D eigenvalue weighted by Gasteiger charge is -2.13. The van der Waals surface area contributed by atoms with Gasteiger partial charge in [0.1, 0.15) is 11.4 Å². The molecule has 0 unspecified atom stereocenters. The number of nitrogens with zero attached hydrogens (tertiary/aromatic N) is 1. The van der Waals surface area contributed by atoms with Gasteiger partial charge in [-0.15, -0.1) is 0 Å².